The number of benzene rings is 1. The van der Waals surface area contributed by atoms with E-state index in [-0.39, 0.29) is 6.61 Å². The minimum absolute atomic E-state index is 0.0953. The summed E-state index contributed by atoms with van der Waals surface area (Å²) in [6, 6.07) is 9.40. The maximum absolute atomic E-state index is 11.7. The van der Waals surface area contributed by atoms with Crippen LogP contribution in [0.4, 0.5) is 0 Å². The van der Waals surface area contributed by atoms with Crippen LogP contribution in [-0.2, 0) is 10.3 Å². The molecular formula is C12H18N2O2S. The average molecular weight is 254 g/mol. The van der Waals surface area contributed by atoms with Crippen LogP contribution in [0.15, 0.2) is 30.3 Å². The van der Waals surface area contributed by atoms with Gasteiger partial charge >= 0.3 is 0 Å². The number of nitrogens with two attached hydrogens (primary N) is 1. The number of hydrogen-bond acceptors (Lipinski definition) is 4. The second-order valence-corrected chi connectivity index (χ2v) is 4.77. The Hall–Kier alpha value is -1.04. The summed E-state index contributed by atoms with van der Waals surface area (Å²) in [7, 11) is 1.72. The summed E-state index contributed by atoms with van der Waals surface area (Å²) in [6.45, 7) is 0.0953. The summed E-state index contributed by atoms with van der Waals surface area (Å²) in [5.74, 6) is 0.684. The molecule has 0 bridgehead atoms. The van der Waals surface area contributed by atoms with Crippen molar-refractivity contribution < 1.29 is 9.90 Å². The number of primary amides is 1. The first-order valence-electron chi connectivity index (χ1n) is 5.40. The molecule has 1 unspecified atom stereocenters. The standard InChI is InChI=1S/C12H18N2O2S/c1-14-12(11(13)16,9-17-8-7-15)10-5-3-2-4-6-10/h2-6,14-15H,7-9H2,1H3,(H2,13,16). The summed E-state index contributed by atoms with van der Waals surface area (Å²) in [4.78, 5) is 11.7. The Morgan fingerprint density at radius 3 is 2.59 bits per heavy atom. The van der Waals surface area contributed by atoms with Gasteiger partial charge in [0, 0.05) is 11.5 Å². The van der Waals surface area contributed by atoms with Gasteiger partial charge in [-0.3, -0.25) is 4.79 Å². The molecular weight excluding hydrogens is 236 g/mol. The van der Waals surface area contributed by atoms with Gasteiger partial charge in [-0.25, -0.2) is 0 Å². The van der Waals surface area contributed by atoms with E-state index < -0.39 is 11.4 Å². The quantitative estimate of drug-likeness (QED) is 0.612. The van der Waals surface area contributed by atoms with Crippen molar-refractivity contribution in [1.82, 2.24) is 5.32 Å². The predicted octanol–water partition coefficient (Wildman–Crippen LogP) is 0.312. The fourth-order valence-electron chi connectivity index (χ4n) is 1.65. The molecule has 0 fully saturated rings. The van der Waals surface area contributed by atoms with Gasteiger partial charge in [0.2, 0.25) is 5.91 Å². The van der Waals surface area contributed by atoms with Crippen molar-refractivity contribution in [1.29, 1.82) is 0 Å². The van der Waals surface area contributed by atoms with Crippen LogP contribution >= 0.6 is 11.8 Å². The van der Waals surface area contributed by atoms with Crippen molar-refractivity contribution in [2.24, 2.45) is 5.73 Å². The molecule has 1 atom stereocenters. The summed E-state index contributed by atoms with van der Waals surface area (Å²) in [6.07, 6.45) is 0. The van der Waals surface area contributed by atoms with Gasteiger partial charge in [0.05, 0.1) is 6.61 Å². The lowest BCUT2D eigenvalue weighted by Crippen LogP contribution is -2.53. The number of amides is 1. The molecule has 5 heteroatoms. The first-order valence-corrected chi connectivity index (χ1v) is 6.56. The van der Waals surface area contributed by atoms with Crippen LogP contribution in [0, 0.1) is 0 Å². The Kier molecular flexibility index (Phi) is 5.47. The number of likely N-dealkylation sites (N-methyl/N-ethyl adjacent to an activating group) is 1. The van der Waals surface area contributed by atoms with Crippen LogP contribution in [0.2, 0.25) is 0 Å². The number of aliphatic hydroxyl groups excluding tert-OH is 1. The smallest absolute Gasteiger partial charge is 0.243 e. The Labute approximate surface area is 106 Å². The molecule has 0 aliphatic carbocycles. The second-order valence-electron chi connectivity index (χ2n) is 3.66. The minimum atomic E-state index is -0.874. The molecule has 94 valence electrons. The molecule has 4 nitrogen and oxygen atoms in total. The third-order valence-electron chi connectivity index (χ3n) is 2.67. The predicted molar refractivity (Wildman–Crippen MR) is 70.8 cm³/mol. The molecule has 17 heavy (non-hydrogen) atoms. The van der Waals surface area contributed by atoms with Crippen molar-refractivity contribution in [2.45, 2.75) is 5.54 Å². The molecule has 0 aliphatic heterocycles. The highest BCUT2D eigenvalue weighted by Crippen LogP contribution is 2.25. The van der Waals surface area contributed by atoms with E-state index in [4.69, 9.17) is 10.8 Å². The van der Waals surface area contributed by atoms with Crippen LogP contribution in [-0.4, -0.2) is 36.2 Å². The molecule has 4 N–H and O–H groups in total. The highest BCUT2D eigenvalue weighted by molar-refractivity contribution is 7.99. The van der Waals surface area contributed by atoms with Gasteiger partial charge in [0.1, 0.15) is 5.54 Å². The van der Waals surface area contributed by atoms with Gasteiger partial charge in [0.25, 0.3) is 0 Å². The third kappa shape index (κ3) is 3.21. The molecule has 0 aromatic heterocycles. The normalized spacial score (nSPS) is 14.2. The number of hydrogen-bond donors (Lipinski definition) is 3. The van der Waals surface area contributed by atoms with E-state index in [9.17, 15) is 4.79 Å². The fourth-order valence-corrected chi connectivity index (χ4v) is 2.68. The summed E-state index contributed by atoms with van der Waals surface area (Å²) in [5, 5.41) is 11.8. The molecule has 1 aromatic carbocycles. The van der Waals surface area contributed by atoms with Crippen molar-refractivity contribution in [3.05, 3.63) is 35.9 Å². The Balaban J connectivity index is 2.97. The average Bonchev–Trinajstić information content (AvgIpc) is 2.36. The molecule has 0 radical (unpaired) electrons. The monoisotopic (exact) mass is 254 g/mol. The fraction of sp³-hybridized carbons (Fsp3) is 0.417. The van der Waals surface area contributed by atoms with Gasteiger partial charge < -0.3 is 16.2 Å². The molecule has 0 spiro atoms. The topological polar surface area (TPSA) is 75.3 Å². The van der Waals surface area contributed by atoms with E-state index in [1.54, 1.807) is 7.05 Å². The SMILES string of the molecule is CNC(CSCCO)(C(N)=O)c1ccccc1. The van der Waals surface area contributed by atoms with Gasteiger partial charge in [-0.1, -0.05) is 30.3 Å². The maximum Gasteiger partial charge on any atom is 0.243 e. The van der Waals surface area contributed by atoms with E-state index in [1.807, 2.05) is 30.3 Å². The van der Waals surface area contributed by atoms with E-state index in [1.165, 1.54) is 11.8 Å². The van der Waals surface area contributed by atoms with Crippen molar-refractivity contribution in [2.75, 3.05) is 25.2 Å². The van der Waals surface area contributed by atoms with Crippen LogP contribution < -0.4 is 11.1 Å². The summed E-state index contributed by atoms with van der Waals surface area (Å²) >= 11 is 1.49. The van der Waals surface area contributed by atoms with Gasteiger partial charge in [0.15, 0.2) is 0 Å². The number of nitrogens with one attached hydrogen (secondary N) is 1. The summed E-state index contributed by atoms with van der Waals surface area (Å²) < 4.78 is 0. The number of thioether (sulfide) groups is 1. The Morgan fingerprint density at radius 2 is 2.12 bits per heavy atom. The molecule has 1 amide bonds. The lowest BCUT2D eigenvalue weighted by atomic mass is 9.91. The zero-order valence-electron chi connectivity index (χ0n) is 9.85. The van der Waals surface area contributed by atoms with Gasteiger partial charge in [-0.2, -0.15) is 11.8 Å². The van der Waals surface area contributed by atoms with Crippen LogP contribution in [0.5, 0.6) is 0 Å². The van der Waals surface area contributed by atoms with Crippen molar-refractivity contribution >= 4 is 17.7 Å². The molecule has 0 saturated heterocycles. The summed E-state index contributed by atoms with van der Waals surface area (Å²) in [5.41, 5.74) is 5.49. The van der Waals surface area contributed by atoms with E-state index in [2.05, 4.69) is 5.32 Å². The molecule has 0 aliphatic rings. The third-order valence-corrected chi connectivity index (χ3v) is 3.78. The zero-order valence-corrected chi connectivity index (χ0v) is 10.7. The largest absolute Gasteiger partial charge is 0.396 e. The van der Waals surface area contributed by atoms with Gasteiger partial charge in [-0.15, -0.1) is 0 Å². The number of carbonyl (C=O) groups excluding carboxylic acids is 1. The minimum Gasteiger partial charge on any atom is -0.396 e. The van der Waals surface area contributed by atoms with Crippen molar-refractivity contribution in [3.63, 3.8) is 0 Å². The van der Waals surface area contributed by atoms with Crippen LogP contribution in [0.1, 0.15) is 5.56 Å². The second kappa shape index (κ2) is 6.64. The van der Waals surface area contributed by atoms with E-state index in [0.717, 1.165) is 5.56 Å². The zero-order chi connectivity index (χ0) is 12.7. The molecule has 1 aromatic rings. The molecule has 0 heterocycles. The van der Waals surface area contributed by atoms with E-state index >= 15 is 0 Å². The lowest BCUT2D eigenvalue weighted by molar-refractivity contribution is -0.123. The Bertz CT molecular complexity index is 359. The Morgan fingerprint density at radius 1 is 1.47 bits per heavy atom. The maximum atomic E-state index is 11.7. The number of rotatable bonds is 7. The number of aliphatic hydroxyl groups is 1. The van der Waals surface area contributed by atoms with Crippen LogP contribution in [0.25, 0.3) is 0 Å². The van der Waals surface area contributed by atoms with Crippen molar-refractivity contribution in [3.8, 4) is 0 Å². The van der Waals surface area contributed by atoms with Crippen LogP contribution in [0.3, 0.4) is 0 Å². The first kappa shape index (κ1) is 14.0. The number of carbonyl (C=O) groups is 1. The van der Waals surface area contributed by atoms with E-state index in [0.29, 0.717) is 11.5 Å². The molecule has 1 rings (SSSR count). The van der Waals surface area contributed by atoms with Gasteiger partial charge in [-0.05, 0) is 12.6 Å². The first-order chi connectivity index (χ1) is 8.17. The lowest BCUT2D eigenvalue weighted by Gasteiger charge is -2.30. The molecule has 0 saturated carbocycles. The highest BCUT2D eigenvalue weighted by atomic mass is 32.2. The highest BCUT2D eigenvalue weighted by Gasteiger charge is 2.36.